The lowest BCUT2D eigenvalue weighted by molar-refractivity contribution is 0.0429. The number of nitrogens with zero attached hydrogens (tertiary/aromatic N) is 2. The number of hydrogen-bond acceptors (Lipinski definition) is 7. The van der Waals surface area contributed by atoms with E-state index < -0.39 is 5.97 Å². The highest BCUT2D eigenvalue weighted by atomic mass is 16.6. The van der Waals surface area contributed by atoms with Gasteiger partial charge in [-0.05, 0) is 19.1 Å². The zero-order chi connectivity index (χ0) is 18.5. The normalized spacial score (nSPS) is 10.4. The van der Waals surface area contributed by atoms with Gasteiger partial charge in [0.2, 0.25) is 5.82 Å². The highest BCUT2D eigenvalue weighted by Crippen LogP contribution is 2.23. The molecule has 7 nitrogen and oxygen atoms in total. The zero-order valence-corrected chi connectivity index (χ0v) is 14.7. The van der Waals surface area contributed by atoms with E-state index >= 15 is 0 Å². The van der Waals surface area contributed by atoms with Crippen molar-refractivity contribution in [3.63, 3.8) is 0 Å². The molecule has 3 aromatic rings. The molecule has 1 aromatic heterocycles. The zero-order valence-electron chi connectivity index (χ0n) is 14.7. The van der Waals surface area contributed by atoms with Crippen LogP contribution in [-0.2, 0) is 11.3 Å². The van der Waals surface area contributed by atoms with E-state index in [1.165, 1.54) is 14.2 Å². The molecule has 0 aliphatic rings. The fraction of sp³-hybridized carbons (Fsp3) is 0.211. The molecule has 134 valence electrons. The van der Waals surface area contributed by atoms with Crippen molar-refractivity contribution in [1.82, 2.24) is 10.1 Å². The van der Waals surface area contributed by atoms with Crippen LogP contribution >= 0.6 is 0 Å². The third-order valence-corrected chi connectivity index (χ3v) is 3.69. The Kier molecular flexibility index (Phi) is 5.17. The molecule has 0 bridgehead atoms. The number of ether oxygens (including phenoxy) is 3. The smallest absolute Gasteiger partial charge is 0.338 e. The summed E-state index contributed by atoms with van der Waals surface area (Å²) in [6.07, 6.45) is 0. The number of carbonyl (C=O) groups is 1. The number of aryl methyl sites for hydroxylation is 1. The van der Waals surface area contributed by atoms with Crippen molar-refractivity contribution in [3.05, 3.63) is 59.5 Å². The summed E-state index contributed by atoms with van der Waals surface area (Å²) in [4.78, 5) is 16.5. The first-order valence-corrected chi connectivity index (χ1v) is 7.89. The van der Waals surface area contributed by atoms with E-state index in [0.29, 0.717) is 22.9 Å². The van der Waals surface area contributed by atoms with Gasteiger partial charge in [0.25, 0.3) is 5.89 Å². The monoisotopic (exact) mass is 354 g/mol. The first kappa shape index (κ1) is 17.5. The highest BCUT2D eigenvalue weighted by molar-refractivity contribution is 5.90. The van der Waals surface area contributed by atoms with Crippen molar-refractivity contribution in [1.29, 1.82) is 0 Å². The molecule has 1 heterocycles. The van der Waals surface area contributed by atoms with Crippen LogP contribution < -0.4 is 9.47 Å². The number of benzene rings is 2. The Morgan fingerprint density at radius 3 is 2.31 bits per heavy atom. The van der Waals surface area contributed by atoms with E-state index in [0.717, 1.165) is 11.1 Å². The maximum absolute atomic E-state index is 12.2. The minimum absolute atomic E-state index is 0.128. The van der Waals surface area contributed by atoms with Gasteiger partial charge in [-0.1, -0.05) is 35.0 Å². The van der Waals surface area contributed by atoms with Crippen molar-refractivity contribution in [2.24, 2.45) is 0 Å². The average molecular weight is 354 g/mol. The number of methoxy groups -OCH3 is 2. The minimum Gasteiger partial charge on any atom is -0.497 e. The summed E-state index contributed by atoms with van der Waals surface area (Å²) in [5.74, 6) is 1.10. The van der Waals surface area contributed by atoms with Crippen LogP contribution in [0, 0.1) is 6.92 Å². The number of carbonyl (C=O) groups excluding carboxylic acids is 1. The SMILES string of the molecule is COc1cc(OC)cc(C(=O)OCc2nc(-c3ccc(C)cc3)no2)c1. The van der Waals surface area contributed by atoms with E-state index in [-0.39, 0.29) is 12.5 Å². The predicted molar refractivity (Wildman–Crippen MR) is 93.1 cm³/mol. The summed E-state index contributed by atoms with van der Waals surface area (Å²) < 4.78 is 20.7. The van der Waals surface area contributed by atoms with Crippen LogP contribution in [0.3, 0.4) is 0 Å². The molecule has 26 heavy (non-hydrogen) atoms. The van der Waals surface area contributed by atoms with Crippen LogP contribution in [0.4, 0.5) is 0 Å². The molecule has 0 aliphatic heterocycles. The Morgan fingerprint density at radius 1 is 1.04 bits per heavy atom. The van der Waals surface area contributed by atoms with Gasteiger partial charge in [-0.2, -0.15) is 4.98 Å². The van der Waals surface area contributed by atoms with Gasteiger partial charge in [0.1, 0.15) is 11.5 Å². The Labute approximate surface area is 150 Å². The van der Waals surface area contributed by atoms with E-state index in [4.69, 9.17) is 18.7 Å². The van der Waals surface area contributed by atoms with Crippen LogP contribution in [0.5, 0.6) is 11.5 Å². The third kappa shape index (κ3) is 4.00. The lowest BCUT2D eigenvalue weighted by Crippen LogP contribution is -2.06. The summed E-state index contributed by atoms with van der Waals surface area (Å²) in [5.41, 5.74) is 2.27. The lowest BCUT2D eigenvalue weighted by Gasteiger charge is -2.07. The fourth-order valence-corrected chi connectivity index (χ4v) is 2.27. The Balaban J connectivity index is 1.67. The van der Waals surface area contributed by atoms with Gasteiger partial charge in [-0.15, -0.1) is 0 Å². The van der Waals surface area contributed by atoms with Crippen molar-refractivity contribution in [3.8, 4) is 22.9 Å². The largest absolute Gasteiger partial charge is 0.497 e. The Morgan fingerprint density at radius 2 is 1.69 bits per heavy atom. The summed E-state index contributed by atoms with van der Waals surface area (Å²) in [5, 5.41) is 3.90. The molecule has 7 heteroatoms. The molecule has 0 spiro atoms. The molecule has 0 aliphatic carbocycles. The number of esters is 1. The highest BCUT2D eigenvalue weighted by Gasteiger charge is 2.14. The molecular formula is C19H18N2O5. The molecule has 0 saturated heterocycles. The Hall–Kier alpha value is -3.35. The van der Waals surface area contributed by atoms with Gasteiger partial charge in [0, 0.05) is 11.6 Å². The first-order chi connectivity index (χ1) is 12.6. The predicted octanol–water partition coefficient (Wildman–Crippen LogP) is 3.42. The second-order valence-corrected chi connectivity index (χ2v) is 5.56. The minimum atomic E-state index is -0.544. The standard InChI is InChI=1S/C19H18N2O5/c1-12-4-6-13(7-5-12)18-20-17(26-21-18)11-25-19(22)14-8-15(23-2)10-16(9-14)24-3/h4-10H,11H2,1-3H3. The number of rotatable bonds is 6. The summed E-state index contributed by atoms with van der Waals surface area (Å²) in [6.45, 7) is 1.87. The number of aromatic nitrogens is 2. The second kappa shape index (κ2) is 7.69. The molecule has 3 rings (SSSR count). The fourth-order valence-electron chi connectivity index (χ4n) is 2.27. The summed E-state index contributed by atoms with van der Waals surface area (Å²) in [7, 11) is 3.02. The van der Waals surface area contributed by atoms with Gasteiger partial charge in [0.05, 0.1) is 19.8 Å². The molecule has 0 atom stereocenters. The van der Waals surface area contributed by atoms with Crippen LogP contribution in [0.1, 0.15) is 21.8 Å². The lowest BCUT2D eigenvalue weighted by atomic mass is 10.1. The quantitative estimate of drug-likeness (QED) is 0.627. The molecule has 2 aromatic carbocycles. The topological polar surface area (TPSA) is 83.7 Å². The van der Waals surface area contributed by atoms with Gasteiger partial charge < -0.3 is 18.7 Å². The first-order valence-electron chi connectivity index (χ1n) is 7.89. The molecule has 0 N–H and O–H groups in total. The summed E-state index contributed by atoms with van der Waals surface area (Å²) in [6, 6.07) is 12.5. The van der Waals surface area contributed by atoms with Crippen molar-refractivity contribution in [2.45, 2.75) is 13.5 Å². The maximum atomic E-state index is 12.2. The average Bonchev–Trinajstić information content (AvgIpc) is 3.15. The van der Waals surface area contributed by atoms with E-state index in [9.17, 15) is 4.79 Å². The number of hydrogen-bond donors (Lipinski definition) is 0. The van der Waals surface area contributed by atoms with Crippen LogP contribution in [0.15, 0.2) is 47.0 Å². The van der Waals surface area contributed by atoms with Crippen molar-refractivity contribution < 1.29 is 23.5 Å². The van der Waals surface area contributed by atoms with E-state index in [2.05, 4.69) is 10.1 Å². The molecule has 0 saturated carbocycles. The molecular weight excluding hydrogens is 336 g/mol. The van der Waals surface area contributed by atoms with E-state index in [1.807, 2.05) is 31.2 Å². The van der Waals surface area contributed by atoms with Crippen molar-refractivity contribution in [2.75, 3.05) is 14.2 Å². The van der Waals surface area contributed by atoms with Gasteiger partial charge in [-0.3, -0.25) is 0 Å². The second-order valence-electron chi connectivity index (χ2n) is 5.56. The van der Waals surface area contributed by atoms with E-state index in [1.54, 1.807) is 18.2 Å². The van der Waals surface area contributed by atoms with Gasteiger partial charge in [0.15, 0.2) is 6.61 Å². The molecule has 0 radical (unpaired) electrons. The maximum Gasteiger partial charge on any atom is 0.338 e. The third-order valence-electron chi connectivity index (χ3n) is 3.69. The molecule has 0 unspecified atom stereocenters. The van der Waals surface area contributed by atoms with Gasteiger partial charge >= 0.3 is 5.97 Å². The van der Waals surface area contributed by atoms with Crippen LogP contribution in [0.25, 0.3) is 11.4 Å². The molecule has 0 fully saturated rings. The van der Waals surface area contributed by atoms with Crippen LogP contribution in [-0.4, -0.2) is 30.3 Å². The Bertz CT molecular complexity index is 880. The van der Waals surface area contributed by atoms with Gasteiger partial charge in [-0.25, -0.2) is 4.79 Å². The summed E-state index contributed by atoms with van der Waals surface area (Å²) >= 11 is 0. The van der Waals surface area contributed by atoms with Crippen LogP contribution in [0.2, 0.25) is 0 Å². The van der Waals surface area contributed by atoms with Crippen molar-refractivity contribution >= 4 is 5.97 Å². The molecule has 0 amide bonds.